The lowest BCUT2D eigenvalue weighted by Crippen LogP contribution is -2.31. The Bertz CT molecular complexity index is 823. The van der Waals surface area contributed by atoms with Crippen molar-refractivity contribution in [2.45, 2.75) is 24.3 Å². The molecule has 0 fully saturated rings. The first-order valence-electron chi connectivity index (χ1n) is 7.91. The van der Waals surface area contributed by atoms with Crippen molar-refractivity contribution in [2.75, 3.05) is 6.61 Å². The number of rotatable bonds is 8. The van der Waals surface area contributed by atoms with Crippen LogP contribution in [0.2, 0.25) is 0 Å². The van der Waals surface area contributed by atoms with Gasteiger partial charge in [-0.25, -0.2) is 13.1 Å². The van der Waals surface area contributed by atoms with Crippen LogP contribution in [0.4, 0.5) is 0 Å². The molecule has 1 N–H and O–H groups in total. The van der Waals surface area contributed by atoms with E-state index in [1.54, 1.807) is 18.2 Å². The van der Waals surface area contributed by atoms with Crippen molar-refractivity contribution in [1.29, 1.82) is 0 Å². The maximum absolute atomic E-state index is 12.1. The Balaban J connectivity index is 1.64. The molecular formula is C18H19NO5S2. The zero-order valence-electron chi connectivity index (χ0n) is 14.0. The second-order valence-electron chi connectivity index (χ2n) is 5.30. The number of esters is 1. The summed E-state index contributed by atoms with van der Waals surface area (Å²) >= 11 is 4.87. The Hall–Kier alpha value is -2.45. The zero-order valence-corrected chi connectivity index (χ0v) is 15.6. The third kappa shape index (κ3) is 6.81. The Morgan fingerprint density at radius 2 is 1.58 bits per heavy atom. The van der Waals surface area contributed by atoms with Crippen molar-refractivity contribution in [3.63, 3.8) is 0 Å². The first-order valence-corrected chi connectivity index (χ1v) is 9.81. The molecule has 0 bridgehead atoms. The standard InChI is InChI=1S/C18H19NO5S2/c20-17(24-14-15-8-3-1-4-9-15)12-7-13-23-18(25)19-26(21,22)16-10-5-2-6-11-16/h1-6,8-11H,7,12-14H2,(H,19,25). The first kappa shape index (κ1) is 19.9. The Morgan fingerprint density at radius 3 is 2.23 bits per heavy atom. The highest BCUT2D eigenvalue weighted by molar-refractivity contribution is 7.91. The maximum atomic E-state index is 12.1. The second-order valence-corrected chi connectivity index (χ2v) is 7.36. The van der Waals surface area contributed by atoms with E-state index in [2.05, 4.69) is 4.72 Å². The van der Waals surface area contributed by atoms with Gasteiger partial charge in [0.05, 0.1) is 11.5 Å². The molecule has 0 aromatic heterocycles. The summed E-state index contributed by atoms with van der Waals surface area (Å²) < 4.78 is 36.6. The van der Waals surface area contributed by atoms with Crippen LogP contribution in [-0.4, -0.2) is 26.2 Å². The van der Waals surface area contributed by atoms with Crippen LogP contribution in [-0.2, 0) is 30.9 Å². The van der Waals surface area contributed by atoms with Gasteiger partial charge in [0.1, 0.15) is 6.61 Å². The van der Waals surface area contributed by atoms with Gasteiger partial charge in [0.15, 0.2) is 0 Å². The summed E-state index contributed by atoms with van der Waals surface area (Å²) in [6, 6.07) is 17.2. The molecule has 0 spiro atoms. The van der Waals surface area contributed by atoms with Crippen LogP contribution in [0.5, 0.6) is 0 Å². The van der Waals surface area contributed by atoms with Gasteiger partial charge in [0.25, 0.3) is 15.2 Å². The highest BCUT2D eigenvalue weighted by Crippen LogP contribution is 2.07. The third-order valence-electron chi connectivity index (χ3n) is 3.27. The minimum atomic E-state index is -3.76. The molecule has 0 radical (unpaired) electrons. The lowest BCUT2D eigenvalue weighted by atomic mass is 10.2. The lowest BCUT2D eigenvalue weighted by Gasteiger charge is -2.10. The quantitative estimate of drug-likeness (QED) is 0.422. The van der Waals surface area contributed by atoms with E-state index in [-0.39, 0.29) is 35.7 Å². The predicted molar refractivity (Wildman–Crippen MR) is 101 cm³/mol. The van der Waals surface area contributed by atoms with E-state index in [0.717, 1.165) is 5.56 Å². The molecule has 6 nitrogen and oxygen atoms in total. The highest BCUT2D eigenvalue weighted by Gasteiger charge is 2.15. The zero-order chi connectivity index (χ0) is 18.8. The molecule has 0 aliphatic carbocycles. The number of hydrogen-bond donors (Lipinski definition) is 1. The predicted octanol–water partition coefficient (Wildman–Crippen LogP) is 2.79. The number of hydrogen-bond acceptors (Lipinski definition) is 6. The number of benzene rings is 2. The van der Waals surface area contributed by atoms with E-state index in [1.165, 1.54) is 12.1 Å². The van der Waals surface area contributed by atoms with E-state index in [1.807, 2.05) is 30.3 Å². The summed E-state index contributed by atoms with van der Waals surface area (Å²) in [4.78, 5) is 11.7. The molecule has 8 heteroatoms. The van der Waals surface area contributed by atoms with Crippen molar-refractivity contribution in [1.82, 2.24) is 4.72 Å². The molecule has 0 heterocycles. The van der Waals surface area contributed by atoms with Crippen molar-refractivity contribution in [2.24, 2.45) is 0 Å². The number of ether oxygens (including phenoxy) is 2. The van der Waals surface area contributed by atoms with Gasteiger partial charge in [-0.05, 0) is 36.3 Å². The van der Waals surface area contributed by atoms with Gasteiger partial charge >= 0.3 is 5.97 Å². The molecule has 0 aliphatic heterocycles. The average Bonchev–Trinajstić information content (AvgIpc) is 2.65. The maximum Gasteiger partial charge on any atom is 0.306 e. The van der Waals surface area contributed by atoms with E-state index < -0.39 is 10.0 Å². The summed E-state index contributed by atoms with van der Waals surface area (Å²) in [6.07, 6.45) is 0.516. The summed E-state index contributed by atoms with van der Waals surface area (Å²) in [5.41, 5.74) is 0.911. The SMILES string of the molecule is O=C(CCCOC(=S)NS(=O)(=O)c1ccccc1)OCc1ccccc1. The highest BCUT2D eigenvalue weighted by atomic mass is 32.2. The molecule has 26 heavy (non-hydrogen) atoms. The minimum absolute atomic E-state index is 0.0930. The van der Waals surface area contributed by atoms with Crippen molar-refractivity contribution in [3.05, 3.63) is 66.2 Å². The van der Waals surface area contributed by atoms with Crippen LogP contribution in [0.1, 0.15) is 18.4 Å². The van der Waals surface area contributed by atoms with Gasteiger partial charge in [0.2, 0.25) is 0 Å². The van der Waals surface area contributed by atoms with Crippen LogP contribution in [0.15, 0.2) is 65.6 Å². The first-order chi connectivity index (χ1) is 12.5. The molecule has 0 aliphatic rings. The number of carbonyl (C=O) groups excluding carboxylic acids is 1. The van der Waals surface area contributed by atoms with Gasteiger partial charge in [0, 0.05) is 6.42 Å². The second kappa shape index (κ2) is 9.88. The molecule has 0 unspecified atom stereocenters. The fourth-order valence-electron chi connectivity index (χ4n) is 1.99. The summed E-state index contributed by atoms with van der Waals surface area (Å²) in [5, 5.41) is -0.258. The van der Waals surface area contributed by atoms with E-state index in [9.17, 15) is 13.2 Å². The van der Waals surface area contributed by atoms with Gasteiger partial charge < -0.3 is 9.47 Å². The molecule has 2 aromatic rings. The summed E-state index contributed by atoms with van der Waals surface area (Å²) in [6.45, 7) is 0.326. The van der Waals surface area contributed by atoms with Gasteiger partial charge in [-0.2, -0.15) is 0 Å². The van der Waals surface area contributed by atoms with Crippen LogP contribution in [0.3, 0.4) is 0 Å². The van der Waals surface area contributed by atoms with Gasteiger partial charge in [-0.1, -0.05) is 48.5 Å². The largest absolute Gasteiger partial charge is 0.470 e. The molecule has 2 rings (SSSR count). The van der Waals surface area contributed by atoms with Crippen LogP contribution < -0.4 is 4.72 Å². The van der Waals surface area contributed by atoms with Crippen LogP contribution >= 0.6 is 12.2 Å². The van der Waals surface area contributed by atoms with Crippen molar-refractivity contribution < 1.29 is 22.7 Å². The number of thiocarbonyl (C=S) groups is 1. The Labute approximate surface area is 158 Å². The molecule has 0 atom stereocenters. The lowest BCUT2D eigenvalue weighted by molar-refractivity contribution is -0.145. The molecule has 138 valence electrons. The van der Waals surface area contributed by atoms with E-state index in [4.69, 9.17) is 21.7 Å². The normalized spacial score (nSPS) is 10.8. The van der Waals surface area contributed by atoms with Crippen molar-refractivity contribution in [3.8, 4) is 0 Å². The number of sulfonamides is 1. The average molecular weight is 393 g/mol. The molecule has 0 amide bonds. The third-order valence-corrected chi connectivity index (χ3v) is 4.97. The van der Waals surface area contributed by atoms with E-state index in [0.29, 0.717) is 6.42 Å². The Morgan fingerprint density at radius 1 is 0.962 bits per heavy atom. The van der Waals surface area contributed by atoms with E-state index >= 15 is 0 Å². The van der Waals surface area contributed by atoms with Crippen LogP contribution in [0.25, 0.3) is 0 Å². The summed E-state index contributed by atoms with van der Waals surface area (Å²) in [7, 11) is -3.76. The van der Waals surface area contributed by atoms with Gasteiger partial charge in [-0.3, -0.25) is 4.79 Å². The summed E-state index contributed by atoms with van der Waals surface area (Å²) in [5.74, 6) is -0.353. The van der Waals surface area contributed by atoms with Gasteiger partial charge in [-0.15, -0.1) is 0 Å². The molecular weight excluding hydrogens is 374 g/mol. The topological polar surface area (TPSA) is 81.7 Å². The van der Waals surface area contributed by atoms with Crippen LogP contribution in [0, 0.1) is 0 Å². The smallest absolute Gasteiger partial charge is 0.306 e. The number of carbonyl (C=O) groups is 1. The minimum Gasteiger partial charge on any atom is -0.470 e. The van der Waals surface area contributed by atoms with Crippen molar-refractivity contribution >= 4 is 33.4 Å². The fraction of sp³-hybridized carbons (Fsp3) is 0.222. The monoisotopic (exact) mass is 393 g/mol. The number of nitrogens with one attached hydrogen (secondary N) is 1. The molecule has 0 saturated heterocycles. The Kier molecular flexibility index (Phi) is 7.55. The molecule has 2 aromatic carbocycles. The fourth-order valence-corrected chi connectivity index (χ4v) is 3.31. The molecule has 0 saturated carbocycles.